The second-order valence-electron chi connectivity index (χ2n) is 6.53. The Morgan fingerprint density at radius 3 is 2.63 bits per heavy atom. The fraction of sp³-hybridized carbons (Fsp3) is 0.812. The lowest BCUT2D eigenvalue weighted by atomic mass is 9.70. The molecule has 3 N–H and O–H groups in total. The van der Waals surface area contributed by atoms with E-state index in [1.807, 2.05) is 0 Å². The van der Waals surface area contributed by atoms with Crippen LogP contribution in [0.2, 0.25) is 0 Å². The Bertz CT molecular complexity index is 330. The van der Waals surface area contributed by atoms with Crippen LogP contribution in [-0.2, 0) is 4.79 Å². The minimum Gasteiger partial charge on any atom is -0.355 e. The molecule has 1 saturated carbocycles. The molecule has 0 heterocycles. The molecular formula is C16H28N2O. The lowest BCUT2D eigenvalue weighted by Crippen LogP contribution is -2.49. The van der Waals surface area contributed by atoms with Crippen LogP contribution < -0.4 is 11.1 Å². The lowest BCUT2D eigenvalue weighted by molar-refractivity contribution is -0.133. The van der Waals surface area contributed by atoms with Crippen molar-refractivity contribution in [3.05, 3.63) is 12.2 Å². The molecule has 0 aromatic heterocycles. The van der Waals surface area contributed by atoms with Gasteiger partial charge in [0.15, 0.2) is 0 Å². The molecule has 0 spiro atoms. The van der Waals surface area contributed by atoms with E-state index in [1.165, 1.54) is 6.42 Å². The van der Waals surface area contributed by atoms with E-state index in [9.17, 15) is 4.79 Å². The molecule has 0 aromatic rings. The second kappa shape index (κ2) is 6.56. The van der Waals surface area contributed by atoms with Gasteiger partial charge in [0.1, 0.15) is 0 Å². The number of carbonyl (C=O) groups excluding carboxylic acids is 1. The molecule has 108 valence electrons. The lowest BCUT2D eigenvalue weighted by Gasteiger charge is -2.37. The summed E-state index contributed by atoms with van der Waals surface area (Å²) in [5, 5.41) is 3.18. The van der Waals surface area contributed by atoms with Gasteiger partial charge >= 0.3 is 0 Å². The molecule has 1 amide bonds. The standard InChI is InChI=1S/C16H28N2O/c1-13-7-9-16(12-17,10-8-13)15(19)18-11-14-5-3-2-4-6-14/h2-3,13-14H,4-12,17H2,1H3,(H,18,19). The highest BCUT2D eigenvalue weighted by atomic mass is 16.2. The Kier molecular flexibility index (Phi) is 5.03. The molecule has 3 heteroatoms. The van der Waals surface area contributed by atoms with Gasteiger partial charge in [-0.25, -0.2) is 0 Å². The van der Waals surface area contributed by atoms with Crippen molar-refractivity contribution in [1.82, 2.24) is 5.32 Å². The van der Waals surface area contributed by atoms with Crippen LogP contribution in [0, 0.1) is 17.3 Å². The van der Waals surface area contributed by atoms with Gasteiger partial charge < -0.3 is 11.1 Å². The van der Waals surface area contributed by atoms with Crippen LogP contribution >= 0.6 is 0 Å². The zero-order chi connectivity index (χ0) is 13.7. The molecule has 3 nitrogen and oxygen atoms in total. The summed E-state index contributed by atoms with van der Waals surface area (Å²) in [7, 11) is 0. The Morgan fingerprint density at radius 1 is 1.32 bits per heavy atom. The molecule has 2 aliphatic carbocycles. The van der Waals surface area contributed by atoms with Gasteiger partial charge in [-0.1, -0.05) is 19.1 Å². The quantitative estimate of drug-likeness (QED) is 0.767. The van der Waals surface area contributed by atoms with Crippen molar-refractivity contribution in [2.75, 3.05) is 13.1 Å². The minimum absolute atomic E-state index is 0.205. The van der Waals surface area contributed by atoms with Crippen LogP contribution in [0.1, 0.15) is 51.9 Å². The molecule has 1 fully saturated rings. The van der Waals surface area contributed by atoms with Gasteiger partial charge in [0.25, 0.3) is 0 Å². The zero-order valence-electron chi connectivity index (χ0n) is 12.2. The SMILES string of the molecule is CC1CCC(CN)(C(=O)NCC2CC=CCC2)CC1. The molecule has 0 aliphatic heterocycles. The largest absolute Gasteiger partial charge is 0.355 e. The summed E-state index contributed by atoms with van der Waals surface area (Å²) in [5.74, 6) is 1.57. The van der Waals surface area contributed by atoms with E-state index < -0.39 is 0 Å². The van der Waals surface area contributed by atoms with Crippen LogP contribution in [0.4, 0.5) is 0 Å². The van der Waals surface area contributed by atoms with Gasteiger partial charge in [-0.05, 0) is 56.8 Å². The molecule has 0 saturated heterocycles. The second-order valence-corrected chi connectivity index (χ2v) is 6.53. The minimum atomic E-state index is -0.281. The first-order valence-corrected chi connectivity index (χ1v) is 7.80. The summed E-state index contributed by atoms with van der Waals surface area (Å²) < 4.78 is 0. The molecule has 1 atom stereocenters. The monoisotopic (exact) mass is 264 g/mol. The van der Waals surface area contributed by atoms with E-state index in [2.05, 4.69) is 24.4 Å². The fourth-order valence-electron chi connectivity index (χ4n) is 3.30. The first-order chi connectivity index (χ1) is 9.16. The van der Waals surface area contributed by atoms with Crippen molar-refractivity contribution in [2.45, 2.75) is 51.9 Å². The number of allylic oxidation sites excluding steroid dienone is 2. The smallest absolute Gasteiger partial charge is 0.227 e. The number of hydrogen-bond acceptors (Lipinski definition) is 2. The summed E-state index contributed by atoms with van der Waals surface area (Å²) in [4.78, 5) is 12.5. The number of nitrogens with two attached hydrogens (primary N) is 1. The highest BCUT2D eigenvalue weighted by molar-refractivity contribution is 5.83. The van der Waals surface area contributed by atoms with E-state index in [0.717, 1.165) is 51.0 Å². The third-order valence-electron chi connectivity index (χ3n) is 5.03. The third kappa shape index (κ3) is 3.59. The molecule has 19 heavy (non-hydrogen) atoms. The molecular weight excluding hydrogens is 236 g/mol. The van der Waals surface area contributed by atoms with E-state index in [1.54, 1.807) is 0 Å². The third-order valence-corrected chi connectivity index (χ3v) is 5.03. The van der Waals surface area contributed by atoms with E-state index in [0.29, 0.717) is 12.5 Å². The molecule has 0 aromatic carbocycles. The highest BCUT2D eigenvalue weighted by Gasteiger charge is 2.39. The summed E-state index contributed by atoms with van der Waals surface area (Å²) in [6.07, 6.45) is 12.1. The van der Waals surface area contributed by atoms with Gasteiger partial charge in [-0.15, -0.1) is 0 Å². The number of hydrogen-bond donors (Lipinski definition) is 2. The van der Waals surface area contributed by atoms with E-state index in [4.69, 9.17) is 5.73 Å². The van der Waals surface area contributed by atoms with Gasteiger partial charge in [0.05, 0.1) is 5.41 Å². The Balaban J connectivity index is 1.84. The van der Waals surface area contributed by atoms with E-state index in [-0.39, 0.29) is 11.3 Å². The van der Waals surface area contributed by atoms with Crippen molar-refractivity contribution >= 4 is 5.91 Å². The predicted molar refractivity (Wildman–Crippen MR) is 78.6 cm³/mol. The predicted octanol–water partition coefficient (Wildman–Crippen LogP) is 2.61. The van der Waals surface area contributed by atoms with Gasteiger partial charge in [-0.3, -0.25) is 4.79 Å². The molecule has 2 rings (SSSR count). The Labute approximate surface area is 117 Å². The Hall–Kier alpha value is -0.830. The van der Waals surface area contributed by atoms with Crippen LogP contribution in [0.3, 0.4) is 0 Å². The number of rotatable bonds is 4. The van der Waals surface area contributed by atoms with Crippen molar-refractivity contribution in [2.24, 2.45) is 23.0 Å². The maximum absolute atomic E-state index is 12.5. The summed E-state index contributed by atoms with van der Waals surface area (Å²) >= 11 is 0. The fourth-order valence-corrected chi connectivity index (χ4v) is 3.30. The maximum Gasteiger partial charge on any atom is 0.227 e. The van der Waals surface area contributed by atoms with Gasteiger partial charge in [-0.2, -0.15) is 0 Å². The number of nitrogens with one attached hydrogen (secondary N) is 1. The molecule has 2 aliphatic rings. The highest BCUT2D eigenvalue weighted by Crippen LogP contribution is 2.38. The van der Waals surface area contributed by atoms with Crippen LogP contribution in [-0.4, -0.2) is 19.0 Å². The molecule has 0 radical (unpaired) electrons. The number of carbonyl (C=O) groups is 1. The van der Waals surface area contributed by atoms with Crippen molar-refractivity contribution in [3.8, 4) is 0 Å². The molecule has 1 unspecified atom stereocenters. The van der Waals surface area contributed by atoms with Crippen molar-refractivity contribution < 1.29 is 4.79 Å². The Morgan fingerprint density at radius 2 is 2.05 bits per heavy atom. The summed E-state index contributed by atoms with van der Waals surface area (Å²) in [5.41, 5.74) is 5.64. The average Bonchev–Trinajstić information content (AvgIpc) is 2.47. The zero-order valence-corrected chi connectivity index (χ0v) is 12.2. The van der Waals surface area contributed by atoms with Crippen molar-refractivity contribution in [3.63, 3.8) is 0 Å². The normalized spacial score (nSPS) is 35.1. The number of amides is 1. The summed E-state index contributed by atoms with van der Waals surface area (Å²) in [6.45, 7) is 3.59. The van der Waals surface area contributed by atoms with Gasteiger partial charge in [0, 0.05) is 13.1 Å². The first-order valence-electron chi connectivity index (χ1n) is 7.80. The molecule has 0 bridgehead atoms. The topological polar surface area (TPSA) is 55.1 Å². The van der Waals surface area contributed by atoms with Gasteiger partial charge in [0.2, 0.25) is 5.91 Å². The van der Waals surface area contributed by atoms with Crippen LogP contribution in [0.15, 0.2) is 12.2 Å². The average molecular weight is 264 g/mol. The van der Waals surface area contributed by atoms with Crippen molar-refractivity contribution in [1.29, 1.82) is 0 Å². The first kappa shape index (κ1) is 14.6. The van der Waals surface area contributed by atoms with Crippen LogP contribution in [0.5, 0.6) is 0 Å². The maximum atomic E-state index is 12.5. The van der Waals surface area contributed by atoms with E-state index >= 15 is 0 Å². The van der Waals surface area contributed by atoms with Crippen LogP contribution in [0.25, 0.3) is 0 Å². The summed E-state index contributed by atoms with van der Waals surface area (Å²) in [6, 6.07) is 0.